The van der Waals surface area contributed by atoms with Crippen molar-refractivity contribution in [1.82, 2.24) is 14.8 Å². The van der Waals surface area contributed by atoms with Gasteiger partial charge < -0.3 is 19.4 Å². The van der Waals surface area contributed by atoms with Gasteiger partial charge in [0.1, 0.15) is 6.33 Å². The Kier molecular flexibility index (Phi) is 5.53. The monoisotopic (exact) mass is 427 g/mol. The van der Waals surface area contributed by atoms with E-state index >= 15 is 0 Å². The Bertz CT molecular complexity index is 1120. The van der Waals surface area contributed by atoms with E-state index in [2.05, 4.69) is 15.5 Å². The van der Waals surface area contributed by atoms with Gasteiger partial charge in [0.15, 0.2) is 16.7 Å². The molecule has 1 aliphatic heterocycles. The molecule has 0 bridgehead atoms. The first-order valence-corrected chi connectivity index (χ1v) is 9.84. The predicted molar refractivity (Wildman–Crippen MR) is 108 cm³/mol. The van der Waals surface area contributed by atoms with Gasteiger partial charge in [0, 0.05) is 36.9 Å². The molecule has 2 aromatic carbocycles. The molecule has 154 valence electrons. The average molecular weight is 427 g/mol. The smallest absolute Gasteiger partial charge is 0.284 e. The van der Waals surface area contributed by atoms with Crippen LogP contribution in [0.1, 0.15) is 16.8 Å². The number of carbonyl (C=O) groups is 1. The number of benzene rings is 2. The summed E-state index contributed by atoms with van der Waals surface area (Å²) in [4.78, 5) is 24.1. The van der Waals surface area contributed by atoms with E-state index in [1.165, 1.54) is 24.5 Å². The van der Waals surface area contributed by atoms with Gasteiger partial charge in [-0.3, -0.25) is 14.9 Å². The Balaban J connectivity index is 1.55. The molecule has 10 nitrogen and oxygen atoms in total. The number of anilines is 1. The van der Waals surface area contributed by atoms with E-state index in [-0.39, 0.29) is 11.3 Å². The third-order valence-corrected chi connectivity index (χ3v) is 5.41. The summed E-state index contributed by atoms with van der Waals surface area (Å²) in [5, 5.41) is 22.5. The second-order valence-electron chi connectivity index (χ2n) is 6.43. The van der Waals surface area contributed by atoms with Gasteiger partial charge in [-0.25, -0.2) is 0 Å². The van der Waals surface area contributed by atoms with Crippen LogP contribution in [0.2, 0.25) is 0 Å². The molecule has 1 aromatic heterocycles. The maximum Gasteiger partial charge on any atom is 0.284 e. The van der Waals surface area contributed by atoms with E-state index in [1.54, 1.807) is 29.8 Å². The van der Waals surface area contributed by atoms with Crippen molar-refractivity contribution in [3.05, 3.63) is 58.4 Å². The molecule has 0 spiro atoms. The Morgan fingerprint density at radius 3 is 2.73 bits per heavy atom. The van der Waals surface area contributed by atoms with Crippen molar-refractivity contribution < 1.29 is 19.2 Å². The van der Waals surface area contributed by atoms with Crippen LogP contribution in [0.25, 0.3) is 0 Å². The van der Waals surface area contributed by atoms with E-state index in [0.717, 1.165) is 18.2 Å². The predicted octanol–water partition coefficient (Wildman–Crippen LogP) is 3.29. The molecule has 3 aromatic rings. The third-order valence-electron chi connectivity index (χ3n) is 4.29. The first kappa shape index (κ1) is 19.7. The van der Waals surface area contributed by atoms with E-state index in [0.29, 0.717) is 40.5 Å². The maximum absolute atomic E-state index is 12.7. The zero-order chi connectivity index (χ0) is 21.1. The van der Waals surface area contributed by atoms with Gasteiger partial charge in [-0.05, 0) is 36.0 Å². The average Bonchev–Trinajstić information content (AvgIpc) is 2.99. The van der Waals surface area contributed by atoms with Gasteiger partial charge in [-0.15, -0.1) is 10.2 Å². The van der Waals surface area contributed by atoms with Crippen LogP contribution in [0, 0.1) is 10.1 Å². The number of nitro benzene ring substituents is 1. The van der Waals surface area contributed by atoms with Gasteiger partial charge in [0.2, 0.25) is 0 Å². The van der Waals surface area contributed by atoms with Crippen LogP contribution in [-0.2, 0) is 7.05 Å². The summed E-state index contributed by atoms with van der Waals surface area (Å²) in [6.07, 6.45) is 2.28. The minimum absolute atomic E-state index is 0.163. The summed E-state index contributed by atoms with van der Waals surface area (Å²) in [6, 6.07) is 9.39. The summed E-state index contributed by atoms with van der Waals surface area (Å²) in [5.74, 6) is 0.695. The highest BCUT2D eigenvalue weighted by Gasteiger charge is 2.20. The number of fused-ring (bicyclic) bond motifs is 1. The number of amides is 1. The number of rotatable bonds is 5. The molecule has 0 radical (unpaired) electrons. The molecular formula is C19H17N5O5S. The number of hydrogen-bond acceptors (Lipinski definition) is 8. The number of hydrogen-bond donors (Lipinski definition) is 1. The molecule has 0 atom stereocenters. The molecule has 1 amide bonds. The van der Waals surface area contributed by atoms with Crippen molar-refractivity contribution >= 4 is 29.0 Å². The Hall–Kier alpha value is -3.60. The molecule has 1 aliphatic rings. The molecule has 1 N–H and O–H groups in total. The van der Waals surface area contributed by atoms with Crippen molar-refractivity contribution in [1.29, 1.82) is 0 Å². The molecular weight excluding hydrogens is 410 g/mol. The van der Waals surface area contributed by atoms with Crippen molar-refractivity contribution in [3.8, 4) is 11.5 Å². The van der Waals surface area contributed by atoms with E-state index in [9.17, 15) is 14.9 Å². The van der Waals surface area contributed by atoms with Crippen LogP contribution in [0.3, 0.4) is 0 Å². The van der Waals surface area contributed by atoms with E-state index in [1.807, 2.05) is 0 Å². The first-order chi connectivity index (χ1) is 14.5. The van der Waals surface area contributed by atoms with Crippen LogP contribution >= 0.6 is 11.8 Å². The topological polar surface area (TPSA) is 121 Å². The summed E-state index contributed by atoms with van der Waals surface area (Å²) >= 11 is 1.10. The summed E-state index contributed by atoms with van der Waals surface area (Å²) < 4.78 is 12.8. The molecule has 0 unspecified atom stereocenters. The highest BCUT2D eigenvalue weighted by molar-refractivity contribution is 7.99. The lowest BCUT2D eigenvalue weighted by molar-refractivity contribution is -0.387. The number of aryl methyl sites for hydroxylation is 1. The van der Waals surface area contributed by atoms with Gasteiger partial charge >= 0.3 is 0 Å². The molecule has 30 heavy (non-hydrogen) atoms. The Morgan fingerprint density at radius 2 is 2.00 bits per heavy atom. The summed E-state index contributed by atoms with van der Waals surface area (Å²) in [7, 11) is 1.74. The fourth-order valence-electron chi connectivity index (χ4n) is 2.80. The summed E-state index contributed by atoms with van der Waals surface area (Å²) in [6.45, 7) is 1.10. The van der Waals surface area contributed by atoms with E-state index < -0.39 is 10.8 Å². The molecule has 0 aliphatic carbocycles. The summed E-state index contributed by atoms with van der Waals surface area (Å²) in [5.41, 5.74) is 0.481. The minimum atomic E-state index is -0.525. The van der Waals surface area contributed by atoms with Crippen molar-refractivity contribution in [3.63, 3.8) is 0 Å². The largest absolute Gasteiger partial charge is 0.490 e. The fourth-order valence-corrected chi connectivity index (χ4v) is 3.65. The zero-order valence-electron chi connectivity index (χ0n) is 15.9. The highest BCUT2D eigenvalue weighted by Crippen LogP contribution is 2.35. The van der Waals surface area contributed by atoms with Crippen LogP contribution in [0.15, 0.2) is 52.8 Å². The molecule has 0 fully saturated rings. The molecule has 0 saturated carbocycles. The van der Waals surface area contributed by atoms with Crippen molar-refractivity contribution in [2.75, 3.05) is 18.5 Å². The third kappa shape index (κ3) is 4.20. The number of ether oxygens (including phenoxy) is 2. The highest BCUT2D eigenvalue weighted by atomic mass is 32.2. The zero-order valence-corrected chi connectivity index (χ0v) is 16.7. The van der Waals surface area contributed by atoms with Gasteiger partial charge in [-0.2, -0.15) is 0 Å². The maximum atomic E-state index is 12.7. The molecule has 4 rings (SSSR count). The Morgan fingerprint density at radius 1 is 1.20 bits per heavy atom. The van der Waals surface area contributed by atoms with Crippen LogP contribution in [-0.4, -0.2) is 38.8 Å². The van der Waals surface area contributed by atoms with Crippen molar-refractivity contribution in [2.45, 2.75) is 16.5 Å². The lowest BCUT2D eigenvalue weighted by Gasteiger charge is -2.11. The van der Waals surface area contributed by atoms with E-state index in [4.69, 9.17) is 9.47 Å². The molecule has 0 saturated heterocycles. The standard InChI is InChI=1S/C19H17N5O5S/c1-23-11-20-22-19(23)30-17-6-3-12(9-14(17)24(26)27)18(25)21-13-4-5-15-16(10-13)29-8-2-7-28-15/h3-6,9-11H,2,7-8H2,1H3,(H,21,25). The normalized spacial score (nSPS) is 12.8. The molecule has 11 heteroatoms. The number of aromatic nitrogens is 3. The molecule has 2 heterocycles. The van der Waals surface area contributed by atoms with Gasteiger partial charge in [-0.1, -0.05) is 0 Å². The van der Waals surface area contributed by atoms with Crippen LogP contribution in [0.5, 0.6) is 11.5 Å². The minimum Gasteiger partial charge on any atom is -0.490 e. The second kappa shape index (κ2) is 8.41. The fraction of sp³-hybridized carbons (Fsp3) is 0.211. The first-order valence-electron chi connectivity index (χ1n) is 9.02. The quantitative estimate of drug-likeness (QED) is 0.486. The Labute approximate surface area is 175 Å². The lowest BCUT2D eigenvalue weighted by Crippen LogP contribution is -2.12. The number of carbonyl (C=O) groups excluding carboxylic acids is 1. The number of nitro groups is 1. The van der Waals surface area contributed by atoms with Gasteiger partial charge in [0.25, 0.3) is 11.6 Å². The number of nitrogens with zero attached hydrogens (tertiary/aromatic N) is 4. The van der Waals surface area contributed by atoms with Crippen molar-refractivity contribution in [2.24, 2.45) is 7.05 Å². The van der Waals surface area contributed by atoms with Crippen LogP contribution in [0.4, 0.5) is 11.4 Å². The van der Waals surface area contributed by atoms with Gasteiger partial charge in [0.05, 0.1) is 23.0 Å². The van der Waals surface area contributed by atoms with Crippen LogP contribution < -0.4 is 14.8 Å². The number of nitrogens with one attached hydrogen (secondary N) is 1. The second-order valence-corrected chi connectivity index (χ2v) is 7.44. The SMILES string of the molecule is Cn1cnnc1Sc1ccc(C(=O)Nc2ccc3c(c2)OCCCO3)cc1[N+](=O)[O-]. The lowest BCUT2D eigenvalue weighted by atomic mass is 10.2.